The molecule has 0 aliphatic rings. The lowest BCUT2D eigenvalue weighted by atomic mass is 10.0. The van der Waals surface area contributed by atoms with Crippen molar-refractivity contribution in [3.63, 3.8) is 0 Å². The van der Waals surface area contributed by atoms with Crippen LogP contribution in [0.5, 0.6) is 0 Å². The minimum atomic E-state index is -2.06. The fourth-order valence-electron chi connectivity index (χ4n) is 0.423. The first-order valence-corrected chi connectivity index (χ1v) is 4.57. The Labute approximate surface area is 67.8 Å². The van der Waals surface area contributed by atoms with Gasteiger partial charge in [0, 0.05) is 5.37 Å². The van der Waals surface area contributed by atoms with Gasteiger partial charge in [-0.15, -0.1) is 0 Å². The van der Waals surface area contributed by atoms with Gasteiger partial charge in [0.2, 0.25) is 10.3 Å². The zero-order valence-electron chi connectivity index (χ0n) is 5.94. The molecule has 0 aliphatic heterocycles. The molecular weight excluding hydrogens is 168 g/mol. The van der Waals surface area contributed by atoms with E-state index in [1.54, 1.807) is 5.37 Å². The summed E-state index contributed by atoms with van der Waals surface area (Å²) in [5.41, 5.74) is 0. The van der Waals surface area contributed by atoms with E-state index < -0.39 is 10.3 Å². The average molecular weight is 178 g/mol. The van der Waals surface area contributed by atoms with E-state index in [0.717, 1.165) is 0 Å². The summed E-state index contributed by atoms with van der Waals surface area (Å²) in [5, 5.41) is 2.83. The number of hydrogen-bond donors (Lipinski definition) is 0. The van der Waals surface area contributed by atoms with Crippen LogP contribution < -0.4 is 0 Å². The third-order valence-electron chi connectivity index (χ3n) is 1.37. The monoisotopic (exact) mass is 178 g/mol. The molecule has 0 saturated heterocycles. The zero-order chi connectivity index (χ0) is 8.15. The summed E-state index contributed by atoms with van der Waals surface area (Å²) in [5.74, 6) is 0.156. The standard InChI is InChI=1S/C6H10O2S2/c1-5(3-9)6(2)4-10(7)8/h3-6H,1-2H3. The van der Waals surface area contributed by atoms with E-state index in [2.05, 4.69) is 12.2 Å². The minimum Gasteiger partial charge on any atom is -0.185 e. The summed E-state index contributed by atoms with van der Waals surface area (Å²) >= 11 is 4.66. The van der Waals surface area contributed by atoms with Crippen molar-refractivity contribution in [2.45, 2.75) is 13.8 Å². The van der Waals surface area contributed by atoms with E-state index >= 15 is 0 Å². The molecule has 0 N–H and O–H groups in total. The molecule has 0 aliphatic carbocycles. The Balaban J connectivity index is 4.23. The normalized spacial score (nSPS) is 15.4. The second-order valence-corrected chi connectivity index (χ2v) is 3.32. The van der Waals surface area contributed by atoms with Gasteiger partial charge >= 0.3 is 0 Å². The summed E-state index contributed by atoms with van der Waals surface area (Å²) in [6.07, 6.45) is 0. The molecule has 58 valence electrons. The van der Waals surface area contributed by atoms with Crippen LogP contribution in [-0.2, 0) is 10.3 Å². The van der Waals surface area contributed by atoms with Crippen molar-refractivity contribution in [2.24, 2.45) is 11.8 Å². The minimum absolute atomic E-state index is 0.0100. The van der Waals surface area contributed by atoms with Crippen molar-refractivity contribution < 1.29 is 8.42 Å². The van der Waals surface area contributed by atoms with Crippen LogP contribution in [0.1, 0.15) is 13.8 Å². The lowest BCUT2D eigenvalue weighted by Crippen LogP contribution is -2.09. The van der Waals surface area contributed by atoms with Crippen LogP contribution in [-0.4, -0.2) is 19.2 Å². The smallest absolute Gasteiger partial charge is 0.185 e. The van der Waals surface area contributed by atoms with E-state index in [1.807, 2.05) is 13.8 Å². The highest BCUT2D eigenvalue weighted by Gasteiger charge is 2.05. The average Bonchev–Trinajstić information content (AvgIpc) is 1.85. The highest BCUT2D eigenvalue weighted by molar-refractivity contribution is 7.79. The summed E-state index contributed by atoms with van der Waals surface area (Å²) in [7, 11) is -2.06. The van der Waals surface area contributed by atoms with Crippen molar-refractivity contribution >= 4 is 33.2 Å². The van der Waals surface area contributed by atoms with Crippen molar-refractivity contribution in [2.75, 3.05) is 0 Å². The molecule has 0 aromatic rings. The first kappa shape index (κ1) is 9.78. The van der Waals surface area contributed by atoms with E-state index in [0.29, 0.717) is 0 Å². The van der Waals surface area contributed by atoms with Gasteiger partial charge in [0.1, 0.15) is 0 Å². The molecule has 2 nitrogen and oxygen atoms in total. The molecule has 0 spiro atoms. The van der Waals surface area contributed by atoms with Crippen molar-refractivity contribution in [1.82, 2.24) is 0 Å². The Kier molecular flexibility index (Phi) is 4.47. The summed E-state index contributed by atoms with van der Waals surface area (Å²) in [4.78, 5) is 0. The second-order valence-electron chi connectivity index (χ2n) is 2.25. The third kappa shape index (κ3) is 3.74. The van der Waals surface area contributed by atoms with Crippen molar-refractivity contribution in [3.05, 3.63) is 0 Å². The highest BCUT2D eigenvalue weighted by Crippen LogP contribution is 2.04. The van der Waals surface area contributed by atoms with Gasteiger partial charge < -0.3 is 0 Å². The van der Waals surface area contributed by atoms with Gasteiger partial charge in [-0.3, -0.25) is 0 Å². The molecule has 0 saturated carbocycles. The molecule has 0 fully saturated rings. The first-order valence-electron chi connectivity index (χ1n) is 2.96. The van der Waals surface area contributed by atoms with Crippen LogP contribution in [0, 0.1) is 11.8 Å². The molecule has 0 rings (SSSR count). The zero-order valence-corrected chi connectivity index (χ0v) is 7.58. The van der Waals surface area contributed by atoms with E-state index in [-0.39, 0.29) is 11.8 Å². The molecule has 0 amide bonds. The number of thiocarbonyl (C=S) groups is 1. The van der Waals surface area contributed by atoms with Crippen LogP contribution in [0.3, 0.4) is 0 Å². The predicted molar refractivity (Wildman–Crippen MR) is 47.0 cm³/mol. The van der Waals surface area contributed by atoms with Gasteiger partial charge in [0.05, 0.1) is 0 Å². The Morgan fingerprint density at radius 2 is 1.80 bits per heavy atom. The van der Waals surface area contributed by atoms with Gasteiger partial charge in [0.15, 0.2) is 0 Å². The Morgan fingerprint density at radius 1 is 1.30 bits per heavy atom. The van der Waals surface area contributed by atoms with Crippen molar-refractivity contribution in [1.29, 1.82) is 0 Å². The topological polar surface area (TPSA) is 34.1 Å². The second kappa shape index (κ2) is 4.57. The Hall–Kier alpha value is -0.220. The van der Waals surface area contributed by atoms with E-state index in [9.17, 15) is 8.42 Å². The van der Waals surface area contributed by atoms with E-state index in [4.69, 9.17) is 0 Å². The molecule has 10 heavy (non-hydrogen) atoms. The molecule has 2 unspecified atom stereocenters. The molecule has 0 aromatic heterocycles. The SMILES string of the molecule is CC(C=S)C(C)C=S(=O)=O. The molecule has 0 bridgehead atoms. The van der Waals surface area contributed by atoms with Gasteiger partial charge in [-0.1, -0.05) is 26.1 Å². The quantitative estimate of drug-likeness (QED) is 0.603. The van der Waals surface area contributed by atoms with Crippen LogP contribution in [0.15, 0.2) is 0 Å². The maximum Gasteiger partial charge on any atom is 0.210 e. The van der Waals surface area contributed by atoms with Crippen LogP contribution >= 0.6 is 12.2 Å². The number of rotatable bonds is 3. The lowest BCUT2D eigenvalue weighted by Gasteiger charge is -2.06. The fourth-order valence-corrected chi connectivity index (χ4v) is 1.27. The Morgan fingerprint density at radius 3 is 2.10 bits per heavy atom. The lowest BCUT2D eigenvalue weighted by molar-refractivity contribution is 0.622. The van der Waals surface area contributed by atoms with Crippen LogP contribution in [0.25, 0.3) is 0 Å². The Bertz CT molecular complexity index is 220. The maximum atomic E-state index is 10.1. The molecule has 0 aromatic carbocycles. The van der Waals surface area contributed by atoms with E-state index in [1.165, 1.54) is 5.37 Å². The maximum absolute atomic E-state index is 10.1. The van der Waals surface area contributed by atoms with Crippen LogP contribution in [0.2, 0.25) is 0 Å². The molecule has 0 heterocycles. The summed E-state index contributed by atoms with van der Waals surface area (Å²) in [6, 6.07) is 0. The van der Waals surface area contributed by atoms with Gasteiger partial charge in [0.25, 0.3) is 0 Å². The molecule has 2 atom stereocenters. The first-order chi connectivity index (χ1) is 4.57. The predicted octanol–water partition coefficient (Wildman–Crippen LogP) is 0.940. The molecular formula is C6H10O2S2. The van der Waals surface area contributed by atoms with Crippen molar-refractivity contribution in [3.8, 4) is 0 Å². The molecule has 4 heteroatoms. The third-order valence-corrected chi connectivity index (χ3v) is 2.45. The van der Waals surface area contributed by atoms with Crippen LogP contribution in [0.4, 0.5) is 0 Å². The molecule has 0 radical (unpaired) electrons. The fraction of sp³-hybridized carbons (Fsp3) is 0.667. The number of hydrogen-bond acceptors (Lipinski definition) is 3. The van der Waals surface area contributed by atoms with Gasteiger partial charge in [-0.25, -0.2) is 0 Å². The van der Waals surface area contributed by atoms with Gasteiger partial charge in [-0.05, 0) is 17.2 Å². The summed E-state index contributed by atoms with van der Waals surface area (Å²) < 4.78 is 20.3. The highest BCUT2D eigenvalue weighted by atomic mass is 32.2. The summed E-state index contributed by atoms with van der Waals surface area (Å²) in [6.45, 7) is 3.71. The largest absolute Gasteiger partial charge is 0.210 e. The van der Waals surface area contributed by atoms with Gasteiger partial charge in [-0.2, -0.15) is 8.42 Å².